The quantitative estimate of drug-likeness (QED) is 0.876. The molecule has 0 aliphatic carbocycles. The average molecular weight is 335 g/mol. The molecule has 6 nitrogen and oxygen atoms in total. The van der Waals surface area contributed by atoms with E-state index in [0.29, 0.717) is 36.9 Å². The van der Waals surface area contributed by atoms with Crippen LogP contribution in [0.3, 0.4) is 0 Å². The second-order valence-corrected chi connectivity index (χ2v) is 6.80. The van der Waals surface area contributed by atoms with Gasteiger partial charge in [-0.05, 0) is 36.6 Å². The first-order valence-corrected chi connectivity index (χ1v) is 8.89. The maximum Gasteiger partial charge on any atom is 0.226 e. The van der Waals surface area contributed by atoms with E-state index in [0.717, 1.165) is 30.8 Å². The van der Waals surface area contributed by atoms with Gasteiger partial charge in [0.2, 0.25) is 17.6 Å². The van der Waals surface area contributed by atoms with Gasteiger partial charge >= 0.3 is 0 Å². The minimum absolute atomic E-state index is 0.180. The second-order valence-electron chi connectivity index (χ2n) is 5.85. The number of rotatable bonds is 6. The lowest BCUT2D eigenvalue weighted by Crippen LogP contribution is -2.39. The van der Waals surface area contributed by atoms with Crippen molar-refractivity contribution in [2.75, 3.05) is 19.7 Å². The zero-order valence-corrected chi connectivity index (χ0v) is 13.8. The summed E-state index contributed by atoms with van der Waals surface area (Å²) in [6, 6.07) is 3.91. The Morgan fingerprint density at radius 2 is 2.26 bits per heavy atom. The van der Waals surface area contributed by atoms with Gasteiger partial charge in [-0.1, -0.05) is 11.2 Å². The number of aromatic nitrogens is 2. The van der Waals surface area contributed by atoms with Gasteiger partial charge in [-0.15, -0.1) is 11.3 Å². The molecule has 1 aliphatic heterocycles. The van der Waals surface area contributed by atoms with E-state index < -0.39 is 0 Å². The number of thiophene rings is 1. The van der Waals surface area contributed by atoms with E-state index in [2.05, 4.69) is 10.1 Å². The van der Waals surface area contributed by atoms with Gasteiger partial charge in [0.15, 0.2) is 0 Å². The smallest absolute Gasteiger partial charge is 0.226 e. The fourth-order valence-corrected chi connectivity index (χ4v) is 3.43. The number of amides is 1. The first-order valence-electron chi connectivity index (χ1n) is 8.01. The Labute approximate surface area is 139 Å². The molecular weight excluding hydrogens is 314 g/mol. The highest BCUT2D eigenvalue weighted by atomic mass is 32.1. The van der Waals surface area contributed by atoms with Gasteiger partial charge in [0, 0.05) is 32.5 Å². The molecule has 23 heavy (non-hydrogen) atoms. The Kier molecular flexibility index (Phi) is 5.40. The predicted molar refractivity (Wildman–Crippen MR) is 86.9 cm³/mol. The fourth-order valence-electron chi connectivity index (χ4n) is 2.78. The molecule has 3 heterocycles. The number of carbonyl (C=O) groups is 1. The van der Waals surface area contributed by atoms with Crippen molar-refractivity contribution in [2.45, 2.75) is 32.1 Å². The van der Waals surface area contributed by atoms with Crippen molar-refractivity contribution in [2.24, 2.45) is 5.92 Å². The molecule has 0 unspecified atom stereocenters. The number of aliphatic hydroxyl groups excluding tert-OH is 1. The van der Waals surface area contributed by atoms with Gasteiger partial charge in [-0.2, -0.15) is 4.98 Å². The summed E-state index contributed by atoms with van der Waals surface area (Å²) < 4.78 is 5.24. The Hall–Kier alpha value is -1.73. The first-order chi connectivity index (χ1) is 11.3. The van der Waals surface area contributed by atoms with Crippen molar-refractivity contribution in [3.63, 3.8) is 0 Å². The van der Waals surface area contributed by atoms with E-state index in [1.54, 1.807) is 11.3 Å². The van der Waals surface area contributed by atoms with Crippen LogP contribution in [0.15, 0.2) is 22.0 Å². The zero-order valence-electron chi connectivity index (χ0n) is 13.0. The zero-order chi connectivity index (χ0) is 16.1. The molecule has 0 saturated carbocycles. The molecule has 2 aromatic rings. The molecular formula is C16H21N3O3S. The fraction of sp³-hybridized carbons (Fsp3) is 0.562. The van der Waals surface area contributed by atoms with E-state index in [-0.39, 0.29) is 12.5 Å². The summed E-state index contributed by atoms with van der Waals surface area (Å²) in [6.45, 7) is 1.74. The van der Waals surface area contributed by atoms with Crippen LogP contribution in [0, 0.1) is 5.92 Å². The lowest BCUT2D eigenvalue weighted by molar-refractivity contribution is -0.132. The molecule has 0 aromatic carbocycles. The van der Waals surface area contributed by atoms with Crippen molar-refractivity contribution in [1.29, 1.82) is 0 Å². The van der Waals surface area contributed by atoms with Gasteiger partial charge in [-0.25, -0.2) is 0 Å². The number of hydrogen-bond acceptors (Lipinski definition) is 6. The first kappa shape index (κ1) is 16.1. The average Bonchev–Trinajstić information content (AvgIpc) is 3.26. The normalized spacial score (nSPS) is 16.0. The lowest BCUT2D eigenvalue weighted by Gasteiger charge is -2.31. The molecule has 0 bridgehead atoms. The number of aryl methyl sites for hydroxylation is 1. The minimum atomic E-state index is 0.180. The molecule has 124 valence electrons. The summed E-state index contributed by atoms with van der Waals surface area (Å²) in [5.41, 5.74) is 0. The monoisotopic (exact) mass is 335 g/mol. The van der Waals surface area contributed by atoms with E-state index in [9.17, 15) is 4.79 Å². The summed E-state index contributed by atoms with van der Waals surface area (Å²) in [6.07, 6.45) is 3.63. The molecule has 1 saturated heterocycles. The van der Waals surface area contributed by atoms with Crippen molar-refractivity contribution < 1.29 is 14.4 Å². The van der Waals surface area contributed by atoms with Crippen molar-refractivity contribution in [3.8, 4) is 10.7 Å². The topological polar surface area (TPSA) is 79.5 Å². The van der Waals surface area contributed by atoms with Gasteiger partial charge < -0.3 is 14.5 Å². The summed E-state index contributed by atoms with van der Waals surface area (Å²) in [5.74, 6) is 1.74. The van der Waals surface area contributed by atoms with Crippen LogP contribution in [-0.4, -0.2) is 45.8 Å². The molecule has 0 atom stereocenters. The molecule has 3 rings (SSSR count). The van der Waals surface area contributed by atoms with Crippen molar-refractivity contribution >= 4 is 17.2 Å². The predicted octanol–water partition coefficient (Wildman–Crippen LogP) is 2.35. The van der Waals surface area contributed by atoms with Crippen LogP contribution in [0.4, 0.5) is 0 Å². The largest absolute Gasteiger partial charge is 0.396 e. The lowest BCUT2D eigenvalue weighted by atomic mass is 9.97. The number of nitrogens with zero attached hydrogens (tertiary/aromatic N) is 3. The Balaban J connectivity index is 1.42. The third-order valence-electron chi connectivity index (χ3n) is 4.22. The minimum Gasteiger partial charge on any atom is -0.396 e. The second kappa shape index (κ2) is 7.70. The van der Waals surface area contributed by atoms with Crippen molar-refractivity contribution in [1.82, 2.24) is 15.0 Å². The number of likely N-dealkylation sites (tertiary alicyclic amines) is 1. The highest BCUT2D eigenvalue weighted by Crippen LogP contribution is 2.22. The molecule has 1 aliphatic rings. The summed E-state index contributed by atoms with van der Waals surface area (Å²) in [5, 5.41) is 15.1. The van der Waals surface area contributed by atoms with Crippen LogP contribution in [0.5, 0.6) is 0 Å². The summed E-state index contributed by atoms with van der Waals surface area (Å²) in [4.78, 5) is 19.4. The van der Waals surface area contributed by atoms with E-state index in [1.807, 2.05) is 22.4 Å². The third-order valence-corrected chi connectivity index (χ3v) is 5.08. The molecule has 1 amide bonds. The highest BCUT2D eigenvalue weighted by Gasteiger charge is 2.22. The number of carbonyl (C=O) groups excluding carboxylic acids is 1. The summed E-state index contributed by atoms with van der Waals surface area (Å²) in [7, 11) is 0. The highest BCUT2D eigenvalue weighted by molar-refractivity contribution is 7.13. The number of aliphatic hydroxyl groups is 1. The van der Waals surface area contributed by atoms with Crippen LogP contribution < -0.4 is 0 Å². The molecule has 2 aromatic heterocycles. The van der Waals surface area contributed by atoms with Crippen LogP contribution in [-0.2, 0) is 11.2 Å². The number of piperidine rings is 1. The van der Waals surface area contributed by atoms with E-state index in [4.69, 9.17) is 9.63 Å². The molecule has 1 N–H and O–H groups in total. The van der Waals surface area contributed by atoms with Gasteiger partial charge in [-0.3, -0.25) is 4.79 Å². The Morgan fingerprint density at radius 1 is 1.43 bits per heavy atom. The van der Waals surface area contributed by atoms with Crippen molar-refractivity contribution in [3.05, 3.63) is 23.4 Å². The molecule has 0 radical (unpaired) electrons. The van der Waals surface area contributed by atoms with Gasteiger partial charge in [0.25, 0.3) is 0 Å². The molecule has 0 spiro atoms. The summed E-state index contributed by atoms with van der Waals surface area (Å²) >= 11 is 1.58. The van der Waals surface area contributed by atoms with Crippen LogP contribution >= 0.6 is 11.3 Å². The van der Waals surface area contributed by atoms with Gasteiger partial charge in [0.1, 0.15) is 0 Å². The van der Waals surface area contributed by atoms with Crippen LogP contribution in [0.2, 0.25) is 0 Å². The SMILES string of the molecule is O=C(CCCc1nc(-c2cccs2)no1)N1CCC(CO)CC1. The maximum absolute atomic E-state index is 12.2. The maximum atomic E-state index is 12.2. The molecule has 1 fully saturated rings. The third kappa shape index (κ3) is 4.17. The number of hydrogen-bond donors (Lipinski definition) is 1. The van der Waals surface area contributed by atoms with Crippen LogP contribution in [0.1, 0.15) is 31.6 Å². The molecule has 7 heteroatoms. The Morgan fingerprint density at radius 3 is 2.96 bits per heavy atom. The standard InChI is InChI=1S/C16H21N3O3S/c20-11-12-6-8-19(9-7-12)15(21)5-1-4-14-17-16(18-22-14)13-3-2-10-23-13/h2-3,10,12,20H,1,4-9,11H2. The van der Waals surface area contributed by atoms with Gasteiger partial charge in [0.05, 0.1) is 4.88 Å². The van der Waals surface area contributed by atoms with E-state index in [1.165, 1.54) is 0 Å². The Bertz CT molecular complexity index is 618. The van der Waals surface area contributed by atoms with Crippen LogP contribution in [0.25, 0.3) is 10.7 Å². The van der Waals surface area contributed by atoms with E-state index >= 15 is 0 Å².